The van der Waals surface area contributed by atoms with Gasteiger partial charge in [0.2, 0.25) is 0 Å². The Hall–Kier alpha value is -1.90. The SMILES string of the molecule is CC(C)c1cnn2c(NCC3CCCCC3)cc(NCC3CNC[C@@H](O)[C@H]3O)nc12. The number of aromatic nitrogens is 3. The molecule has 2 fully saturated rings. The molecule has 166 valence electrons. The summed E-state index contributed by atoms with van der Waals surface area (Å²) in [7, 11) is 0. The van der Waals surface area contributed by atoms with Crippen LogP contribution >= 0.6 is 0 Å². The van der Waals surface area contributed by atoms with Gasteiger partial charge in [0.15, 0.2) is 5.65 Å². The number of nitrogens with one attached hydrogen (secondary N) is 3. The fourth-order valence-electron chi connectivity index (χ4n) is 4.64. The summed E-state index contributed by atoms with van der Waals surface area (Å²) in [5.41, 5.74) is 1.98. The van der Waals surface area contributed by atoms with Gasteiger partial charge in [0.25, 0.3) is 0 Å². The number of hydrogen-bond donors (Lipinski definition) is 5. The summed E-state index contributed by atoms with van der Waals surface area (Å²) in [6.07, 6.45) is 7.05. The van der Waals surface area contributed by atoms with Gasteiger partial charge in [0.05, 0.1) is 18.4 Å². The Bertz CT molecular complexity index is 832. The predicted octanol–water partition coefficient (Wildman–Crippen LogP) is 2.20. The van der Waals surface area contributed by atoms with E-state index in [-0.39, 0.29) is 5.92 Å². The van der Waals surface area contributed by atoms with Gasteiger partial charge >= 0.3 is 0 Å². The molecule has 1 aliphatic heterocycles. The average molecular weight is 417 g/mol. The molecule has 3 heterocycles. The third-order valence-electron chi connectivity index (χ3n) is 6.60. The molecule has 8 nitrogen and oxygen atoms in total. The second-order valence-corrected chi connectivity index (χ2v) is 9.26. The monoisotopic (exact) mass is 416 g/mol. The molecule has 2 aliphatic rings. The van der Waals surface area contributed by atoms with Crippen LogP contribution in [0, 0.1) is 11.8 Å². The zero-order valence-corrected chi connectivity index (χ0v) is 18.1. The van der Waals surface area contributed by atoms with Crippen molar-refractivity contribution in [3.05, 3.63) is 17.8 Å². The summed E-state index contributed by atoms with van der Waals surface area (Å²) in [5, 5.41) is 35.0. The third-order valence-corrected chi connectivity index (χ3v) is 6.60. The van der Waals surface area contributed by atoms with Crippen LogP contribution in [0.15, 0.2) is 12.3 Å². The molecule has 5 N–H and O–H groups in total. The maximum Gasteiger partial charge on any atom is 0.163 e. The Morgan fingerprint density at radius 1 is 1.13 bits per heavy atom. The van der Waals surface area contributed by atoms with Crippen molar-refractivity contribution in [1.29, 1.82) is 0 Å². The number of aliphatic hydroxyl groups excluding tert-OH is 2. The molecule has 3 atom stereocenters. The molecule has 2 aromatic heterocycles. The molecule has 2 aromatic rings. The number of rotatable bonds is 7. The van der Waals surface area contributed by atoms with Gasteiger partial charge in [-0.3, -0.25) is 0 Å². The topological polar surface area (TPSA) is 107 Å². The van der Waals surface area contributed by atoms with E-state index < -0.39 is 12.2 Å². The van der Waals surface area contributed by atoms with E-state index in [0.717, 1.165) is 29.4 Å². The van der Waals surface area contributed by atoms with Crippen molar-refractivity contribution >= 4 is 17.3 Å². The summed E-state index contributed by atoms with van der Waals surface area (Å²) < 4.78 is 1.91. The summed E-state index contributed by atoms with van der Waals surface area (Å²) in [5.74, 6) is 2.69. The Morgan fingerprint density at radius 2 is 1.93 bits per heavy atom. The first-order chi connectivity index (χ1) is 14.5. The molecular weight excluding hydrogens is 380 g/mol. The lowest BCUT2D eigenvalue weighted by molar-refractivity contribution is -0.0310. The van der Waals surface area contributed by atoms with Gasteiger partial charge in [-0.2, -0.15) is 9.61 Å². The molecule has 1 saturated carbocycles. The van der Waals surface area contributed by atoms with Gasteiger partial charge in [0.1, 0.15) is 11.6 Å². The van der Waals surface area contributed by atoms with E-state index in [2.05, 4.69) is 34.9 Å². The van der Waals surface area contributed by atoms with Crippen LogP contribution in [0.2, 0.25) is 0 Å². The van der Waals surface area contributed by atoms with Crippen LogP contribution in [0.25, 0.3) is 5.65 Å². The minimum absolute atomic E-state index is 0.0695. The number of piperidine rings is 1. The Morgan fingerprint density at radius 3 is 2.70 bits per heavy atom. The number of β-amino-alcohol motifs (C(OH)–C–C–N with tert-alkyl or cyclic N) is 1. The quantitative estimate of drug-likeness (QED) is 0.471. The molecule has 0 amide bonds. The lowest BCUT2D eigenvalue weighted by atomic mass is 9.89. The molecule has 0 radical (unpaired) electrons. The first-order valence-electron chi connectivity index (χ1n) is 11.5. The van der Waals surface area contributed by atoms with Gasteiger partial charge in [-0.05, 0) is 24.7 Å². The smallest absolute Gasteiger partial charge is 0.163 e. The highest BCUT2D eigenvalue weighted by Gasteiger charge is 2.30. The van der Waals surface area contributed by atoms with Crippen LogP contribution in [0.4, 0.5) is 11.6 Å². The van der Waals surface area contributed by atoms with E-state index in [1.54, 1.807) is 0 Å². The highest BCUT2D eigenvalue weighted by Crippen LogP contribution is 2.27. The number of aliphatic hydroxyl groups is 2. The van der Waals surface area contributed by atoms with Crippen molar-refractivity contribution in [2.75, 3.05) is 36.8 Å². The summed E-state index contributed by atoms with van der Waals surface area (Å²) in [4.78, 5) is 4.83. The highest BCUT2D eigenvalue weighted by molar-refractivity contribution is 5.61. The second-order valence-electron chi connectivity index (χ2n) is 9.26. The number of anilines is 2. The van der Waals surface area contributed by atoms with Crippen molar-refractivity contribution in [3.63, 3.8) is 0 Å². The van der Waals surface area contributed by atoms with E-state index in [0.29, 0.717) is 31.5 Å². The van der Waals surface area contributed by atoms with Crippen LogP contribution in [0.3, 0.4) is 0 Å². The number of nitrogens with zero attached hydrogens (tertiary/aromatic N) is 3. The molecule has 1 aliphatic carbocycles. The molecule has 0 bridgehead atoms. The summed E-state index contributed by atoms with van der Waals surface area (Å²) >= 11 is 0. The van der Waals surface area contributed by atoms with Gasteiger partial charge in [0, 0.05) is 43.7 Å². The number of fused-ring (bicyclic) bond motifs is 1. The van der Waals surface area contributed by atoms with Crippen LogP contribution in [0.1, 0.15) is 57.4 Å². The zero-order chi connectivity index (χ0) is 21.1. The number of hydrogen-bond acceptors (Lipinski definition) is 7. The molecule has 0 aromatic carbocycles. The fourth-order valence-corrected chi connectivity index (χ4v) is 4.64. The van der Waals surface area contributed by atoms with Crippen molar-refractivity contribution < 1.29 is 10.2 Å². The van der Waals surface area contributed by atoms with E-state index in [1.165, 1.54) is 32.1 Å². The summed E-state index contributed by atoms with van der Waals surface area (Å²) in [6, 6.07) is 2.01. The first kappa shape index (κ1) is 21.3. The van der Waals surface area contributed by atoms with Gasteiger partial charge in [-0.1, -0.05) is 33.1 Å². The third kappa shape index (κ3) is 4.71. The average Bonchev–Trinajstić information content (AvgIpc) is 3.18. The minimum Gasteiger partial charge on any atom is -0.390 e. The Balaban J connectivity index is 1.53. The van der Waals surface area contributed by atoms with Crippen LogP contribution in [0.5, 0.6) is 0 Å². The van der Waals surface area contributed by atoms with Crippen molar-refractivity contribution in [2.24, 2.45) is 11.8 Å². The highest BCUT2D eigenvalue weighted by atomic mass is 16.3. The molecule has 30 heavy (non-hydrogen) atoms. The molecule has 0 spiro atoms. The molecule has 8 heteroatoms. The lowest BCUT2D eigenvalue weighted by Gasteiger charge is -2.32. The second kappa shape index (κ2) is 9.49. The minimum atomic E-state index is -0.729. The van der Waals surface area contributed by atoms with E-state index in [4.69, 9.17) is 4.98 Å². The van der Waals surface area contributed by atoms with E-state index in [1.807, 2.05) is 16.8 Å². The van der Waals surface area contributed by atoms with E-state index in [9.17, 15) is 10.2 Å². The molecule has 4 rings (SSSR count). The molecular formula is C22H36N6O2. The first-order valence-corrected chi connectivity index (χ1v) is 11.5. The zero-order valence-electron chi connectivity index (χ0n) is 18.1. The molecule has 1 saturated heterocycles. The maximum atomic E-state index is 10.3. The summed E-state index contributed by atoms with van der Waals surface area (Å²) in [6.45, 7) is 6.90. The van der Waals surface area contributed by atoms with Crippen molar-refractivity contribution in [1.82, 2.24) is 19.9 Å². The van der Waals surface area contributed by atoms with Crippen LogP contribution < -0.4 is 16.0 Å². The van der Waals surface area contributed by atoms with Gasteiger partial charge < -0.3 is 26.2 Å². The predicted molar refractivity (Wildman–Crippen MR) is 119 cm³/mol. The van der Waals surface area contributed by atoms with Crippen molar-refractivity contribution in [3.8, 4) is 0 Å². The largest absolute Gasteiger partial charge is 0.390 e. The fraction of sp³-hybridized carbons (Fsp3) is 0.727. The molecule has 1 unspecified atom stereocenters. The Kier molecular flexibility index (Phi) is 6.75. The normalized spacial score (nSPS) is 25.7. The standard InChI is InChI=1S/C22H36N6O2/c1-14(2)17-12-26-28-20(25-9-15-6-4-3-5-7-15)8-19(27-22(17)28)24-11-16-10-23-13-18(29)21(16)30/h8,12,14-16,18,21,23,25,29-30H,3-7,9-11,13H2,1-2H3,(H,24,27)/t16?,18-,21+/m1/s1. The van der Waals surface area contributed by atoms with Crippen LogP contribution in [-0.4, -0.2) is 63.2 Å². The maximum absolute atomic E-state index is 10.3. The van der Waals surface area contributed by atoms with E-state index >= 15 is 0 Å². The van der Waals surface area contributed by atoms with Crippen molar-refractivity contribution in [2.45, 2.75) is 64.1 Å². The van der Waals surface area contributed by atoms with Gasteiger partial charge in [-0.25, -0.2) is 4.98 Å². The Labute approximate surface area is 178 Å². The van der Waals surface area contributed by atoms with Crippen LogP contribution in [-0.2, 0) is 0 Å². The lowest BCUT2D eigenvalue weighted by Crippen LogP contribution is -2.52. The van der Waals surface area contributed by atoms with Gasteiger partial charge in [-0.15, -0.1) is 0 Å².